The number of hydrogen-bond donors (Lipinski definition) is 2. The van der Waals surface area contributed by atoms with Crippen molar-refractivity contribution in [1.82, 2.24) is 0 Å². The molecule has 0 aliphatic heterocycles. The van der Waals surface area contributed by atoms with Crippen molar-refractivity contribution in [2.75, 3.05) is 24.3 Å². The molecule has 2 N–H and O–H groups in total. The van der Waals surface area contributed by atoms with Gasteiger partial charge in [-0.25, -0.2) is 4.79 Å². The van der Waals surface area contributed by atoms with Gasteiger partial charge in [-0.05, 0) is 42.5 Å². The molecule has 0 radical (unpaired) electrons. The van der Waals surface area contributed by atoms with E-state index in [2.05, 4.69) is 10.6 Å². The van der Waals surface area contributed by atoms with Gasteiger partial charge in [0, 0.05) is 15.5 Å². The number of hydrogen-bond acceptors (Lipinski definition) is 5. The largest absolute Gasteiger partial charge is 0.465 e. The van der Waals surface area contributed by atoms with Crippen molar-refractivity contribution >= 4 is 35.0 Å². The van der Waals surface area contributed by atoms with E-state index < -0.39 is 5.97 Å². The Morgan fingerprint density at radius 1 is 0.929 bits per heavy atom. The lowest BCUT2D eigenvalue weighted by Gasteiger charge is -2.12. The Hall–Kier alpha value is -3.25. The van der Waals surface area contributed by atoms with Crippen molar-refractivity contribution < 1.29 is 14.3 Å². The van der Waals surface area contributed by atoms with E-state index in [-0.39, 0.29) is 12.5 Å². The van der Waals surface area contributed by atoms with E-state index in [4.69, 9.17) is 4.74 Å². The van der Waals surface area contributed by atoms with Gasteiger partial charge in [0.05, 0.1) is 24.9 Å². The van der Waals surface area contributed by atoms with Gasteiger partial charge in [0.25, 0.3) is 0 Å². The molecule has 142 valence electrons. The minimum absolute atomic E-state index is 0.0783. The molecule has 0 saturated heterocycles. The molecule has 0 atom stereocenters. The molecule has 0 aliphatic rings. The van der Waals surface area contributed by atoms with E-state index in [1.165, 1.54) is 7.11 Å². The van der Waals surface area contributed by atoms with Crippen molar-refractivity contribution in [3.05, 3.63) is 84.4 Å². The predicted molar refractivity (Wildman–Crippen MR) is 112 cm³/mol. The van der Waals surface area contributed by atoms with Crippen molar-refractivity contribution in [3.63, 3.8) is 0 Å². The first-order valence-corrected chi connectivity index (χ1v) is 9.51. The summed E-state index contributed by atoms with van der Waals surface area (Å²) in [6, 6.07) is 24.5. The van der Waals surface area contributed by atoms with Gasteiger partial charge in [-0.1, -0.05) is 48.2 Å². The third kappa shape index (κ3) is 5.37. The molecule has 3 rings (SSSR count). The second kappa shape index (κ2) is 9.62. The lowest BCUT2D eigenvalue weighted by atomic mass is 10.2. The van der Waals surface area contributed by atoms with Crippen LogP contribution in [0.5, 0.6) is 0 Å². The molecule has 0 aromatic heterocycles. The highest BCUT2D eigenvalue weighted by Gasteiger charge is 2.09. The van der Waals surface area contributed by atoms with E-state index >= 15 is 0 Å². The number of para-hydroxylation sites is 1. The Balaban J connectivity index is 1.62. The maximum Gasteiger partial charge on any atom is 0.337 e. The van der Waals surface area contributed by atoms with E-state index in [0.717, 1.165) is 15.5 Å². The molecule has 0 unspecified atom stereocenters. The predicted octanol–water partition coefficient (Wildman–Crippen LogP) is 4.68. The molecule has 1 amide bonds. The third-order valence-corrected chi connectivity index (χ3v) is 4.95. The quantitative estimate of drug-likeness (QED) is 0.572. The van der Waals surface area contributed by atoms with Gasteiger partial charge < -0.3 is 15.4 Å². The van der Waals surface area contributed by atoms with Crippen LogP contribution in [0, 0.1) is 0 Å². The topological polar surface area (TPSA) is 67.4 Å². The summed E-state index contributed by atoms with van der Waals surface area (Å²) in [5.74, 6) is -0.593. The third-order valence-electron chi connectivity index (χ3n) is 3.87. The summed E-state index contributed by atoms with van der Waals surface area (Å²) >= 11 is 1.59. The van der Waals surface area contributed by atoms with Crippen molar-refractivity contribution in [2.45, 2.75) is 9.79 Å². The number of ether oxygens (including phenoxy) is 1. The summed E-state index contributed by atoms with van der Waals surface area (Å²) < 4.78 is 4.71. The highest BCUT2D eigenvalue weighted by Crippen LogP contribution is 2.33. The molecule has 6 heteroatoms. The molecule has 0 aliphatic carbocycles. The summed E-state index contributed by atoms with van der Waals surface area (Å²) in [5, 5.41) is 5.96. The van der Waals surface area contributed by atoms with Crippen LogP contribution in [0.4, 0.5) is 11.4 Å². The monoisotopic (exact) mass is 392 g/mol. The second-order valence-corrected chi connectivity index (χ2v) is 7.00. The van der Waals surface area contributed by atoms with Crippen LogP contribution in [-0.2, 0) is 9.53 Å². The fourth-order valence-electron chi connectivity index (χ4n) is 2.53. The number of anilines is 2. The summed E-state index contributed by atoms with van der Waals surface area (Å²) in [5.41, 5.74) is 1.86. The highest BCUT2D eigenvalue weighted by atomic mass is 32.2. The van der Waals surface area contributed by atoms with Crippen LogP contribution in [0.1, 0.15) is 10.4 Å². The number of carbonyl (C=O) groups excluding carboxylic acids is 2. The number of nitrogens with one attached hydrogen (secondary N) is 2. The molecule has 5 nitrogen and oxygen atoms in total. The van der Waals surface area contributed by atoms with Gasteiger partial charge in [-0.3, -0.25) is 4.79 Å². The van der Waals surface area contributed by atoms with Crippen molar-refractivity contribution in [2.24, 2.45) is 0 Å². The van der Waals surface area contributed by atoms with Crippen LogP contribution in [0.3, 0.4) is 0 Å². The molecule has 0 spiro atoms. The summed E-state index contributed by atoms with van der Waals surface area (Å²) in [6.45, 7) is 0.0783. The second-order valence-electron chi connectivity index (χ2n) is 5.89. The number of methoxy groups -OCH3 is 1. The molecule has 3 aromatic carbocycles. The first-order valence-electron chi connectivity index (χ1n) is 8.70. The van der Waals surface area contributed by atoms with E-state index in [9.17, 15) is 9.59 Å². The molecule has 3 aromatic rings. The number of benzene rings is 3. The summed E-state index contributed by atoms with van der Waals surface area (Å²) in [4.78, 5) is 26.1. The minimum atomic E-state index is -0.417. The molecular formula is C22H20N2O3S. The van der Waals surface area contributed by atoms with Gasteiger partial charge >= 0.3 is 5.97 Å². The van der Waals surface area contributed by atoms with Crippen molar-refractivity contribution in [1.29, 1.82) is 0 Å². The smallest absolute Gasteiger partial charge is 0.337 e. The Morgan fingerprint density at radius 3 is 2.46 bits per heavy atom. The Bertz CT molecular complexity index is 961. The Labute approximate surface area is 168 Å². The molecule has 0 fully saturated rings. The molecular weight excluding hydrogens is 372 g/mol. The van der Waals surface area contributed by atoms with Gasteiger partial charge in [0.2, 0.25) is 5.91 Å². The number of carbonyl (C=O) groups is 2. The lowest BCUT2D eigenvalue weighted by molar-refractivity contribution is -0.114. The fraction of sp³-hybridized carbons (Fsp3) is 0.0909. The fourth-order valence-corrected chi connectivity index (χ4v) is 3.45. The van der Waals surface area contributed by atoms with Gasteiger partial charge in [-0.15, -0.1) is 0 Å². The molecule has 0 bridgehead atoms. The van der Waals surface area contributed by atoms with Gasteiger partial charge in [0.15, 0.2) is 0 Å². The van der Waals surface area contributed by atoms with Crippen LogP contribution in [0.25, 0.3) is 0 Å². The first-order chi connectivity index (χ1) is 13.7. The zero-order valence-corrected chi connectivity index (χ0v) is 16.2. The van der Waals surface area contributed by atoms with Crippen molar-refractivity contribution in [3.8, 4) is 0 Å². The minimum Gasteiger partial charge on any atom is -0.465 e. The van der Waals surface area contributed by atoms with E-state index in [0.29, 0.717) is 11.3 Å². The molecule has 0 heterocycles. The van der Waals surface area contributed by atoms with Gasteiger partial charge in [-0.2, -0.15) is 0 Å². The number of esters is 1. The normalized spacial score (nSPS) is 10.2. The van der Waals surface area contributed by atoms with E-state index in [1.807, 2.05) is 54.6 Å². The zero-order valence-electron chi connectivity index (χ0n) is 15.3. The summed E-state index contributed by atoms with van der Waals surface area (Å²) in [6.07, 6.45) is 0. The summed E-state index contributed by atoms with van der Waals surface area (Å²) in [7, 11) is 1.33. The van der Waals surface area contributed by atoms with Crippen LogP contribution in [0.15, 0.2) is 88.7 Å². The number of rotatable bonds is 7. The average Bonchev–Trinajstić information content (AvgIpc) is 2.74. The Kier molecular flexibility index (Phi) is 6.70. The maximum absolute atomic E-state index is 12.4. The van der Waals surface area contributed by atoms with Gasteiger partial charge in [0.1, 0.15) is 0 Å². The standard InChI is InChI=1S/C22H20N2O3S/c1-27-22(26)16-8-7-9-17(14-16)23-15-21(25)24-19-12-5-6-13-20(19)28-18-10-3-2-4-11-18/h2-14,23H,15H2,1H3,(H,24,25). The maximum atomic E-state index is 12.4. The van der Waals surface area contributed by atoms with Crippen LogP contribution < -0.4 is 10.6 Å². The lowest BCUT2D eigenvalue weighted by Crippen LogP contribution is -2.22. The van der Waals surface area contributed by atoms with Crippen LogP contribution in [-0.4, -0.2) is 25.5 Å². The van der Waals surface area contributed by atoms with E-state index in [1.54, 1.807) is 36.0 Å². The number of amides is 1. The first kappa shape index (κ1) is 19.5. The zero-order chi connectivity index (χ0) is 19.8. The SMILES string of the molecule is COC(=O)c1cccc(NCC(=O)Nc2ccccc2Sc2ccccc2)c1. The molecule has 0 saturated carbocycles. The molecule has 28 heavy (non-hydrogen) atoms. The van der Waals surface area contributed by atoms with Crippen LogP contribution >= 0.6 is 11.8 Å². The Morgan fingerprint density at radius 2 is 1.68 bits per heavy atom. The average molecular weight is 392 g/mol. The highest BCUT2D eigenvalue weighted by molar-refractivity contribution is 7.99. The van der Waals surface area contributed by atoms with Crippen LogP contribution in [0.2, 0.25) is 0 Å².